The minimum Gasteiger partial charge on any atom is -0.497 e. The van der Waals surface area contributed by atoms with Crippen molar-refractivity contribution in [2.75, 3.05) is 14.2 Å². The van der Waals surface area contributed by atoms with Gasteiger partial charge in [0.1, 0.15) is 11.5 Å². The maximum atomic E-state index is 13.2. The van der Waals surface area contributed by atoms with Crippen LogP contribution in [0.3, 0.4) is 0 Å². The third-order valence-corrected chi connectivity index (χ3v) is 6.89. The predicted octanol–water partition coefficient (Wildman–Crippen LogP) is 4.41. The number of hydrogen-bond donors (Lipinski definition) is 1. The summed E-state index contributed by atoms with van der Waals surface area (Å²) in [5.41, 5.74) is 1.56. The number of aromatic nitrogens is 2. The molecule has 2 heterocycles. The van der Waals surface area contributed by atoms with Crippen molar-refractivity contribution in [3.8, 4) is 22.9 Å². The quantitative estimate of drug-likeness (QED) is 0.538. The summed E-state index contributed by atoms with van der Waals surface area (Å²) in [7, 11) is 3.16. The number of ether oxygens (including phenoxy) is 2. The molecular weight excluding hydrogens is 472 g/mol. The van der Waals surface area contributed by atoms with E-state index < -0.39 is 0 Å². The van der Waals surface area contributed by atoms with Crippen LogP contribution in [0, 0.1) is 5.92 Å². The first-order valence-electron chi connectivity index (χ1n) is 11.4. The summed E-state index contributed by atoms with van der Waals surface area (Å²) in [5, 5.41) is 7.77. The highest BCUT2D eigenvalue weighted by Crippen LogP contribution is 2.39. The van der Waals surface area contributed by atoms with Crippen LogP contribution in [-0.2, 0) is 11.3 Å². The minimum atomic E-state index is -0.387. The number of methoxy groups -OCH3 is 2. The van der Waals surface area contributed by atoms with Gasteiger partial charge < -0.3 is 19.3 Å². The van der Waals surface area contributed by atoms with Crippen LogP contribution in [0.2, 0.25) is 5.02 Å². The van der Waals surface area contributed by atoms with Gasteiger partial charge in [0.2, 0.25) is 17.6 Å². The lowest BCUT2D eigenvalue weighted by Crippen LogP contribution is -2.60. The first-order valence-corrected chi connectivity index (χ1v) is 11.8. The average Bonchev–Trinajstić information content (AvgIpc) is 3.37. The number of amides is 3. The van der Waals surface area contributed by atoms with Crippen LogP contribution in [0.5, 0.6) is 11.5 Å². The molecule has 1 saturated carbocycles. The van der Waals surface area contributed by atoms with E-state index in [-0.39, 0.29) is 36.4 Å². The molecule has 1 aliphatic carbocycles. The van der Waals surface area contributed by atoms with Crippen LogP contribution in [0.4, 0.5) is 4.79 Å². The van der Waals surface area contributed by atoms with Crippen molar-refractivity contribution in [1.82, 2.24) is 20.4 Å². The molecule has 3 unspecified atom stereocenters. The van der Waals surface area contributed by atoms with Crippen molar-refractivity contribution in [2.24, 2.45) is 5.92 Å². The number of imide groups is 1. The largest absolute Gasteiger partial charge is 0.497 e. The Morgan fingerprint density at radius 3 is 2.49 bits per heavy atom. The zero-order chi connectivity index (χ0) is 24.5. The van der Waals surface area contributed by atoms with Gasteiger partial charge in [-0.2, -0.15) is 4.98 Å². The molecular formula is C25H25ClN4O5. The molecule has 2 aliphatic rings. The number of nitrogens with zero attached hydrogens (tertiary/aromatic N) is 3. The molecule has 5 rings (SSSR count). The number of carbonyl (C=O) groups excluding carboxylic acids is 2. The molecule has 3 aromatic rings. The second-order valence-electron chi connectivity index (χ2n) is 8.78. The number of urea groups is 1. The first kappa shape index (κ1) is 23.2. The van der Waals surface area contributed by atoms with E-state index in [0.717, 1.165) is 5.56 Å². The molecule has 3 atom stereocenters. The van der Waals surface area contributed by atoms with Crippen LogP contribution >= 0.6 is 11.6 Å². The van der Waals surface area contributed by atoms with Gasteiger partial charge in [-0.15, -0.1) is 0 Å². The minimum absolute atomic E-state index is 0.0547. The van der Waals surface area contributed by atoms with E-state index in [4.69, 9.17) is 25.6 Å². The fourth-order valence-electron chi connectivity index (χ4n) is 4.76. The molecule has 1 saturated heterocycles. The fraction of sp³-hybridized carbons (Fsp3) is 0.360. The van der Waals surface area contributed by atoms with Crippen molar-refractivity contribution in [3.05, 3.63) is 58.9 Å². The fourth-order valence-corrected chi connectivity index (χ4v) is 4.89. The molecule has 1 N–H and O–H groups in total. The Morgan fingerprint density at radius 2 is 1.80 bits per heavy atom. The molecule has 10 heteroatoms. The topological polar surface area (TPSA) is 107 Å². The Morgan fingerprint density at radius 1 is 1.09 bits per heavy atom. The highest BCUT2D eigenvalue weighted by atomic mass is 35.5. The Balaban J connectivity index is 1.29. The number of rotatable bonds is 6. The number of carbonyl (C=O) groups is 2. The highest BCUT2D eigenvalue weighted by Gasteiger charge is 2.45. The van der Waals surface area contributed by atoms with Gasteiger partial charge in [-0.3, -0.25) is 9.69 Å². The summed E-state index contributed by atoms with van der Waals surface area (Å²) in [6, 6.07) is 11.9. The second-order valence-corrected chi connectivity index (χ2v) is 9.22. The highest BCUT2D eigenvalue weighted by molar-refractivity contribution is 6.30. The van der Waals surface area contributed by atoms with Gasteiger partial charge >= 0.3 is 6.03 Å². The van der Waals surface area contributed by atoms with Crippen molar-refractivity contribution in [2.45, 2.75) is 37.8 Å². The number of hydrogen-bond acceptors (Lipinski definition) is 7. The van der Waals surface area contributed by atoms with Crippen LogP contribution in [0.1, 0.15) is 36.6 Å². The van der Waals surface area contributed by atoms with Crippen LogP contribution in [-0.4, -0.2) is 47.2 Å². The van der Waals surface area contributed by atoms with E-state index in [1.54, 1.807) is 32.4 Å². The molecule has 1 aliphatic heterocycles. The Hall–Kier alpha value is -3.59. The van der Waals surface area contributed by atoms with Crippen molar-refractivity contribution in [1.29, 1.82) is 0 Å². The summed E-state index contributed by atoms with van der Waals surface area (Å²) in [4.78, 5) is 31.8. The average molecular weight is 497 g/mol. The van der Waals surface area contributed by atoms with Crippen molar-refractivity contribution < 1.29 is 23.6 Å². The molecule has 9 nitrogen and oxygen atoms in total. The lowest BCUT2D eigenvalue weighted by Gasteiger charge is -2.41. The third-order valence-electron chi connectivity index (χ3n) is 6.64. The normalized spacial score (nSPS) is 21.9. The van der Waals surface area contributed by atoms with Crippen LogP contribution < -0.4 is 14.8 Å². The van der Waals surface area contributed by atoms with Crippen molar-refractivity contribution >= 4 is 23.5 Å². The van der Waals surface area contributed by atoms with Crippen molar-refractivity contribution in [3.63, 3.8) is 0 Å². The maximum Gasteiger partial charge on any atom is 0.324 e. The van der Waals surface area contributed by atoms with Gasteiger partial charge in [-0.05, 0) is 49.1 Å². The maximum absolute atomic E-state index is 13.2. The van der Waals surface area contributed by atoms with Crippen LogP contribution in [0.25, 0.3) is 11.4 Å². The lowest BCUT2D eigenvalue weighted by molar-refractivity contribution is -0.137. The zero-order valence-corrected chi connectivity index (χ0v) is 20.1. The van der Waals surface area contributed by atoms with Gasteiger partial charge in [0.05, 0.1) is 26.7 Å². The molecule has 35 heavy (non-hydrogen) atoms. The first-order chi connectivity index (χ1) is 16.9. The van der Waals surface area contributed by atoms with Gasteiger partial charge in [0, 0.05) is 28.6 Å². The summed E-state index contributed by atoms with van der Waals surface area (Å²) >= 11 is 5.94. The van der Waals surface area contributed by atoms with E-state index in [1.807, 2.05) is 24.3 Å². The summed E-state index contributed by atoms with van der Waals surface area (Å²) in [6.45, 7) is 0.214. The molecule has 0 bridgehead atoms. The molecule has 0 spiro atoms. The van der Waals surface area contributed by atoms with Gasteiger partial charge in [-0.1, -0.05) is 28.9 Å². The molecule has 3 amide bonds. The number of nitrogens with one attached hydrogen (secondary N) is 1. The second kappa shape index (κ2) is 9.58. The SMILES string of the molecule is COc1cc(OC)cc(-c2noc(C3CCC4C(=O)N(Cc5ccc(Cl)cc5)C(=O)NC4C3)n2)c1. The number of fused-ring (bicyclic) bond motifs is 1. The molecule has 0 radical (unpaired) electrons. The lowest BCUT2D eigenvalue weighted by atomic mass is 9.76. The van der Waals surface area contributed by atoms with Gasteiger partial charge in [0.25, 0.3) is 0 Å². The molecule has 1 aromatic heterocycles. The molecule has 2 aromatic carbocycles. The van der Waals surface area contributed by atoms with E-state index in [0.29, 0.717) is 53.1 Å². The monoisotopic (exact) mass is 496 g/mol. The zero-order valence-electron chi connectivity index (χ0n) is 19.4. The van der Waals surface area contributed by atoms with E-state index in [9.17, 15) is 9.59 Å². The number of benzene rings is 2. The van der Waals surface area contributed by atoms with E-state index in [2.05, 4.69) is 15.5 Å². The summed E-state index contributed by atoms with van der Waals surface area (Å²) in [5.74, 6) is 1.68. The summed E-state index contributed by atoms with van der Waals surface area (Å²) < 4.78 is 16.2. The predicted molar refractivity (Wildman–Crippen MR) is 127 cm³/mol. The molecule has 182 valence electrons. The summed E-state index contributed by atoms with van der Waals surface area (Å²) in [6.07, 6.45) is 1.89. The van der Waals surface area contributed by atoms with E-state index in [1.165, 1.54) is 4.90 Å². The smallest absolute Gasteiger partial charge is 0.324 e. The molecule has 2 fully saturated rings. The van der Waals surface area contributed by atoms with Gasteiger partial charge in [0.15, 0.2) is 0 Å². The Bertz CT molecular complexity index is 1220. The number of halogens is 1. The van der Waals surface area contributed by atoms with E-state index >= 15 is 0 Å². The third kappa shape index (κ3) is 4.68. The van der Waals surface area contributed by atoms with Gasteiger partial charge in [-0.25, -0.2) is 4.79 Å². The standard InChI is InChI=1S/C25H25ClN4O5/c1-33-18-9-16(10-19(12-18)34-2)22-28-23(35-29-22)15-5-8-20-21(11-15)27-25(32)30(24(20)31)13-14-3-6-17(26)7-4-14/h3-4,6-7,9-10,12,15,20-21H,5,8,11,13H2,1-2H3,(H,27,32). The Labute approximate surface area is 207 Å². The Kier molecular flexibility index (Phi) is 6.34. The van der Waals surface area contributed by atoms with Crippen LogP contribution in [0.15, 0.2) is 47.0 Å².